The summed E-state index contributed by atoms with van der Waals surface area (Å²) in [6.45, 7) is 1.04. The molecule has 3 heterocycles. The highest BCUT2D eigenvalue weighted by Crippen LogP contribution is 2.27. The number of aromatic nitrogens is 2. The van der Waals surface area contributed by atoms with Crippen LogP contribution in [0.25, 0.3) is 10.8 Å². The summed E-state index contributed by atoms with van der Waals surface area (Å²) < 4.78 is 1.20. The molecule has 2 aromatic rings. The Kier molecular flexibility index (Phi) is 2.97. The van der Waals surface area contributed by atoms with Gasteiger partial charge in [0.05, 0.1) is 11.4 Å². The van der Waals surface area contributed by atoms with E-state index in [0.717, 1.165) is 0 Å². The summed E-state index contributed by atoms with van der Waals surface area (Å²) in [5, 5.41) is 8.14. The number of fused-ring (bicyclic) bond motifs is 2. The van der Waals surface area contributed by atoms with Gasteiger partial charge < -0.3 is 10.2 Å². The van der Waals surface area contributed by atoms with Crippen molar-refractivity contribution >= 4 is 22.6 Å². The van der Waals surface area contributed by atoms with E-state index in [9.17, 15) is 14.4 Å². The summed E-state index contributed by atoms with van der Waals surface area (Å²) in [6, 6.07) is 7.04. The fraction of sp³-hybridized carbons (Fsp3) is 0.375. The summed E-state index contributed by atoms with van der Waals surface area (Å²) in [5.41, 5.74) is 0.0664. The molecule has 23 heavy (non-hydrogen) atoms. The van der Waals surface area contributed by atoms with Gasteiger partial charge in [-0.2, -0.15) is 5.10 Å². The third-order valence-corrected chi connectivity index (χ3v) is 4.68. The predicted octanol–water partition coefficient (Wildman–Crippen LogP) is -0.106. The molecule has 118 valence electrons. The molecule has 7 heteroatoms. The second kappa shape index (κ2) is 4.91. The average Bonchev–Trinajstić information content (AvgIpc) is 3.07. The summed E-state index contributed by atoms with van der Waals surface area (Å²) in [7, 11) is 1.55. The molecular weight excluding hydrogens is 296 g/mol. The first-order valence-electron chi connectivity index (χ1n) is 7.59. The Bertz CT molecular complexity index is 873. The van der Waals surface area contributed by atoms with E-state index in [0.29, 0.717) is 30.3 Å². The number of likely N-dealkylation sites (tertiary alicyclic amines) is 1. The normalized spacial score (nSPS) is 23.2. The minimum atomic E-state index is -0.220. The van der Waals surface area contributed by atoms with Crippen molar-refractivity contribution in [1.29, 1.82) is 0 Å². The van der Waals surface area contributed by atoms with Crippen LogP contribution in [0.4, 0.5) is 0 Å². The highest BCUT2D eigenvalue weighted by molar-refractivity contribution is 6.05. The van der Waals surface area contributed by atoms with E-state index >= 15 is 0 Å². The lowest BCUT2D eigenvalue weighted by molar-refractivity contribution is -0.119. The molecule has 0 radical (unpaired) electrons. The van der Waals surface area contributed by atoms with Gasteiger partial charge in [-0.1, -0.05) is 18.2 Å². The molecule has 1 aromatic heterocycles. The molecule has 0 bridgehead atoms. The van der Waals surface area contributed by atoms with Crippen LogP contribution < -0.4 is 10.9 Å². The van der Waals surface area contributed by atoms with Crippen LogP contribution in [0.1, 0.15) is 16.9 Å². The van der Waals surface area contributed by atoms with Gasteiger partial charge in [0.1, 0.15) is 0 Å². The molecule has 2 fully saturated rings. The fourth-order valence-electron chi connectivity index (χ4n) is 3.52. The number of amides is 2. The number of nitrogens with zero attached hydrogens (tertiary/aromatic N) is 3. The van der Waals surface area contributed by atoms with Gasteiger partial charge in [0.25, 0.3) is 11.5 Å². The molecule has 0 spiro atoms. The van der Waals surface area contributed by atoms with Crippen molar-refractivity contribution in [2.75, 3.05) is 13.1 Å². The molecule has 2 amide bonds. The van der Waals surface area contributed by atoms with Crippen LogP contribution in [0.3, 0.4) is 0 Å². The van der Waals surface area contributed by atoms with E-state index in [1.807, 2.05) is 0 Å². The van der Waals surface area contributed by atoms with E-state index in [2.05, 4.69) is 10.4 Å². The van der Waals surface area contributed by atoms with Crippen molar-refractivity contribution in [3.63, 3.8) is 0 Å². The molecule has 7 nitrogen and oxygen atoms in total. The van der Waals surface area contributed by atoms with Crippen LogP contribution in [0.5, 0.6) is 0 Å². The fourth-order valence-corrected chi connectivity index (χ4v) is 3.52. The molecule has 2 aliphatic rings. The second-order valence-corrected chi connectivity index (χ2v) is 6.17. The first kappa shape index (κ1) is 13.9. The Labute approximate surface area is 131 Å². The molecule has 0 saturated carbocycles. The zero-order valence-corrected chi connectivity index (χ0v) is 12.7. The van der Waals surface area contributed by atoms with Crippen molar-refractivity contribution in [3.05, 3.63) is 40.3 Å². The summed E-state index contributed by atoms with van der Waals surface area (Å²) in [6.07, 6.45) is 0.468. The maximum atomic E-state index is 12.9. The monoisotopic (exact) mass is 312 g/mol. The van der Waals surface area contributed by atoms with Crippen molar-refractivity contribution in [3.8, 4) is 0 Å². The van der Waals surface area contributed by atoms with Gasteiger partial charge in [-0.15, -0.1) is 0 Å². The van der Waals surface area contributed by atoms with Crippen LogP contribution in [-0.4, -0.2) is 45.6 Å². The Balaban J connectivity index is 1.73. The maximum absolute atomic E-state index is 12.9. The van der Waals surface area contributed by atoms with Crippen molar-refractivity contribution < 1.29 is 9.59 Å². The topological polar surface area (TPSA) is 84.3 Å². The Morgan fingerprint density at radius 3 is 2.70 bits per heavy atom. The minimum Gasteiger partial charge on any atom is -0.351 e. The van der Waals surface area contributed by atoms with Gasteiger partial charge in [0.15, 0.2) is 5.69 Å². The lowest BCUT2D eigenvalue weighted by Gasteiger charge is -2.18. The van der Waals surface area contributed by atoms with E-state index < -0.39 is 0 Å². The standard InChI is InChI=1S/C16H16N4O3/c1-19-15(22)11-5-3-2-4-10(11)14(18-19)16(23)20-7-9-6-13(21)17-12(9)8-20/h2-5,9,12H,6-8H2,1H3,(H,17,21)/t9-,12+/m0/s1. The number of aryl methyl sites for hydroxylation is 1. The number of rotatable bonds is 1. The molecule has 4 rings (SSSR count). The molecule has 0 aliphatic carbocycles. The molecule has 2 atom stereocenters. The smallest absolute Gasteiger partial charge is 0.275 e. The number of hydrogen-bond acceptors (Lipinski definition) is 4. The summed E-state index contributed by atoms with van der Waals surface area (Å²) in [4.78, 5) is 38.1. The first-order valence-corrected chi connectivity index (χ1v) is 7.59. The lowest BCUT2D eigenvalue weighted by Crippen LogP contribution is -2.37. The average molecular weight is 312 g/mol. The van der Waals surface area contributed by atoms with Gasteiger partial charge in [-0.3, -0.25) is 14.4 Å². The highest BCUT2D eigenvalue weighted by Gasteiger charge is 2.42. The van der Waals surface area contributed by atoms with E-state index in [1.54, 1.807) is 36.2 Å². The number of carbonyl (C=O) groups excluding carboxylic acids is 2. The Hall–Kier alpha value is -2.70. The van der Waals surface area contributed by atoms with Gasteiger partial charge in [-0.25, -0.2) is 4.68 Å². The highest BCUT2D eigenvalue weighted by atomic mass is 16.2. The van der Waals surface area contributed by atoms with E-state index in [-0.39, 0.29) is 35.0 Å². The number of benzene rings is 1. The molecular formula is C16H16N4O3. The zero-order valence-electron chi connectivity index (χ0n) is 12.7. The Morgan fingerprint density at radius 1 is 1.22 bits per heavy atom. The predicted molar refractivity (Wildman–Crippen MR) is 82.9 cm³/mol. The second-order valence-electron chi connectivity index (χ2n) is 6.17. The maximum Gasteiger partial charge on any atom is 0.275 e. The lowest BCUT2D eigenvalue weighted by atomic mass is 10.1. The third-order valence-electron chi connectivity index (χ3n) is 4.68. The van der Waals surface area contributed by atoms with Gasteiger partial charge in [-0.05, 0) is 6.07 Å². The van der Waals surface area contributed by atoms with Crippen molar-refractivity contribution in [2.45, 2.75) is 12.5 Å². The van der Waals surface area contributed by atoms with Crippen LogP contribution in [0.15, 0.2) is 29.1 Å². The summed E-state index contributed by atoms with van der Waals surface area (Å²) in [5.74, 6) is 0.0310. The molecule has 1 N–H and O–H groups in total. The molecule has 0 unspecified atom stereocenters. The number of carbonyl (C=O) groups is 2. The summed E-state index contributed by atoms with van der Waals surface area (Å²) >= 11 is 0. The Morgan fingerprint density at radius 2 is 1.96 bits per heavy atom. The zero-order chi connectivity index (χ0) is 16.1. The van der Waals surface area contributed by atoms with Crippen LogP contribution in [0, 0.1) is 5.92 Å². The van der Waals surface area contributed by atoms with Gasteiger partial charge >= 0.3 is 0 Å². The van der Waals surface area contributed by atoms with Crippen LogP contribution >= 0.6 is 0 Å². The third kappa shape index (κ3) is 2.11. The quantitative estimate of drug-likeness (QED) is 0.796. The minimum absolute atomic E-state index is 0.0326. The van der Waals surface area contributed by atoms with E-state index in [4.69, 9.17) is 0 Å². The van der Waals surface area contributed by atoms with Crippen molar-refractivity contribution in [1.82, 2.24) is 20.0 Å². The van der Waals surface area contributed by atoms with Crippen LogP contribution in [-0.2, 0) is 11.8 Å². The largest absolute Gasteiger partial charge is 0.351 e. The molecule has 1 aromatic carbocycles. The number of hydrogen-bond donors (Lipinski definition) is 1. The molecule has 2 aliphatic heterocycles. The van der Waals surface area contributed by atoms with Gasteiger partial charge in [0, 0.05) is 37.9 Å². The van der Waals surface area contributed by atoms with Gasteiger partial charge in [0.2, 0.25) is 5.91 Å². The number of nitrogens with one attached hydrogen (secondary N) is 1. The SMILES string of the molecule is Cn1nc(C(=O)N2C[C@@H]3CC(=O)N[C@@H]3C2)c2ccccc2c1=O. The van der Waals surface area contributed by atoms with Crippen molar-refractivity contribution in [2.24, 2.45) is 13.0 Å². The molecule has 2 saturated heterocycles. The van der Waals surface area contributed by atoms with Crippen LogP contribution in [0.2, 0.25) is 0 Å². The first-order chi connectivity index (χ1) is 11.0. The van der Waals surface area contributed by atoms with E-state index in [1.165, 1.54) is 4.68 Å².